The van der Waals surface area contributed by atoms with Gasteiger partial charge in [0.15, 0.2) is 0 Å². The molecular formula is C24H23ClF6N2O3. The Bertz CT molecular complexity index is 1070. The second-order valence-electron chi connectivity index (χ2n) is 8.38. The lowest BCUT2D eigenvalue weighted by Crippen LogP contribution is -2.39. The summed E-state index contributed by atoms with van der Waals surface area (Å²) in [6.45, 7) is 1.63. The number of benzene rings is 2. The van der Waals surface area contributed by atoms with E-state index in [1.54, 1.807) is 6.07 Å². The highest BCUT2D eigenvalue weighted by Crippen LogP contribution is 2.37. The number of hydrogen-bond donors (Lipinski definition) is 1. The third-order valence-corrected chi connectivity index (χ3v) is 6.04. The van der Waals surface area contributed by atoms with Gasteiger partial charge in [0, 0.05) is 24.2 Å². The van der Waals surface area contributed by atoms with Gasteiger partial charge in [0.2, 0.25) is 0 Å². The van der Waals surface area contributed by atoms with Gasteiger partial charge in [0.25, 0.3) is 0 Å². The average molecular weight is 537 g/mol. The molecule has 0 radical (unpaired) electrons. The van der Waals surface area contributed by atoms with Crippen LogP contribution in [0, 0.1) is 5.92 Å². The maximum atomic E-state index is 13.4. The number of alkyl halides is 6. The van der Waals surface area contributed by atoms with E-state index in [0.29, 0.717) is 38.1 Å². The van der Waals surface area contributed by atoms with Crippen molar-refractivity contribution in [2.75, 3.05) is 26.2 Å². The fourth-order valence-corrected chi connectivity index (χ4v) is 4.15. The van der Waals surface area contributed by atoms with Crippen LogP contribution in [0.3, 0.4) is 0 Å². The van der Waals surface area contributed by atoms with Crippen LogP contribution in [0.15, 0.2) is 47.6 Å². The number of halogens is 7. The summed E-state index contributed by atoms with van der Waals surface area (Å²) >= 11 is 6.17. The highest BCUT2D eigenvalue weighted by molar-refractivity contribution is 6.35. The Morgan fingerprint density at radius 1 is 1.08 bits per heavy atom. The van der Waals surface area contributed by atoms with Crippen LogP contribution in [0.4, 0.5) is 26.3 Å². The molecule has 2 aromatic carbocycles. The summed E-state index contributed by atoms with van der Waals surface area (Å²) in [4.78, 5) is 18.5. The van der Waals surface area contributed by atoms with Crippen molar-refractivity contribution in [3.63, 3.8) is 0 Å². The van der Waals surface area contributed by atoms with Crippen molar-refractivity contribution in [2.24, 2.45) is 11.1 Å². The Hall–Kier alpha value is -2.79. The van der Waals surface area contributed by atoms with E-state index in [2.05, 4.69) is 5.16 Å². The van der Waals surface area contributed by atoms with E-state index in [1.807, 2.05) is 4.90 Å². The molecule has 0 amide bonds. The van der Waals surface area contributed by atoms with Crippen LogP contribution in [0.5, 0.6) is 0 Å². The molecule has 1 aliphatic heterocycles. The molecular weight excluding hydrogens is 514 g/mol. The number of carboxylic acid groups (broad SMARTS) is 1. The molecule has 1 aliphatic rings. The van der Waals surface area contributed by atoms with Crippen molar-refractivity contribution in [3.8, 4) is 0 Å². The quantitative estimate of drug-likeness (QED) is 0.185. The number of likely N-dealkylation sites (tertiary alicyclic amines) is 1. The minimum absolute atomic E-state index is 0.00722. The van der Waals surface area contributed by atoms with E-state index in [9.17, 15) is 36.2 Å². The van der Waals surface area contributed by atoms with Crippen LogP contribution in [0.25, 0.3) is 0 Å². The summed E-state index contributed by atoms with van der Waals surface area (Å²) < 4.78 is 80.3. The van der Waals surface area contributed by atoms with E-state index >= 15 is 0 Å². The molecule has 0 aromatic heterocycles. The predicted octanol–water partition coefficient (Wildman–Crippen LogP) is 6.33. The van der Waals surface area contributed by atoms with Gasteiger partial charge < -0.3 is 14.8 Å². The molecule has 1 N–H and O–H groups in total. The SMILES string of the molecule is O=C(O)C1CCCN(CCCO/N=C(\c2cc(C(F)(F)F)cc(C(F)(F)F)c2)c2ccccc2Cl)C1. The van der Waals surface area contributed by atoms with Crippen LogP contribution < -0.4 is 0 Å². The van der Waals surface area contributed by atoms with Crippen LogP contribution in [-0.2, 0) is 22.0 Å². The summed E-state index contributed by atoms with van der Waals surface area (Å²) in [6.07, 6.45) is -8.29. The second-order valence-corrected chi connectivity index (χ2v) is 8.79. The number of hydrogen-bond acceptors (Lipinski definition) is 4. The zero-order chi connectivity index (χ0) is 26.5. The molecule has 0 aliphatic carbocycles. The predicted molar refractivity (Wildman–Crippen MR) is 121 cm³/mol. The van der Waals surface area contributed by atoms with Crippen molar-refractivity contribution in [1.82, 2.24) is 4.90 Å². The van der Waals surface area contributed by atoms with Crippen molar-refractivity contribution >= 4 is 23.3 Å². The zero-order valence-corrected chi connectivity index (χ0v) is 19.6. The molecule has 3 rings (SSSR count). The minimum Gasteiger partial charge on any atom is -0.481 e. The summed E-state index contributed by atoms with van der Waals surface area (Å²) in [7, 11) is 0. The van der Waals surface area contributed by atoms with Gasteiger partial charge >= 0.3 is 18.3 Å². The zero-order valence-electron chi connectivity index (χ0n) is 18.9. The molecule has 36 heavy (non-hydrogen) atoms. The largest absolute Gasteiger partial charge is 0.481 e. The molecule has 0 saturated carbocycles. The summed E-state index contributed by atoms with van der Waals surface area (Å²) in [5.74, 6) is -1.31. The first-order valence-corrected chi connectivity index (χ1v) is 11.4. The lowest BCUT2D eigenvalue weighted by molar-refractivity contribution is -0.144. The summed E-state index contributed by atoms with van der Waals surface area (Å²) in [6, 6.07) is 7.10. The molecule has 0 spiro atoms. The molecule has 196 valence electrons. The van der Waals surface area contributed by atoms with E-state index in [0.717, 1.165) is 13.0 Å². The van der Waals surface area contributed by atoms with Crippen LogP contribution >= 0.6 is 11.6 Å². The maximum Gasteiger partial charge on any atom is 0.416 e. The lowest BCUT2D eigenvalue weighted by atomic mass is 9.97. The molecule has 2 aromatic rings. The van der Waals surface area contributed by atoms with Crippen molar-refractivity contribution < 1.29 is 41.1 Å². The topological polar surface area (TPSA) is 62.1 Å². The molecule has 1 saturated heterocycles. The monoisotopic (exact) mass is 536 g/mol. The first-order valence-electron chi connectivity index (χ1n) is 11.1. The fraction of sp³-hybridized carbons (Fsp3) is 0.417. The van der Waals surface area contributed by atoms with Gasteiger partial charge in [-0.15, -0.1) is 0 Å². The third kappa shape index (κ3) is 7.36. The molecule has 1 unspecified atom stereocenters. The fourth-order valence-electron chi connectivity index (χ4n) is 3.93. The van der Waals surface area contributed by atoms with Gasteiger partial charge in [-0.2, -0.15) is 26.3 Å². The second kappa shape index (κ2) is 11.5. The first kappa shape index (κ1) is 27.8. The first-order chi connectivity index (χ1) is 16.9. The average Bonchev–Trinajstić information content (AvgIpc) is 2.81. The molecule has 1 fully saturated rings. The lowest BCUT2D eigenvalue weighted by Gasteiger charge is -2.30. The number of aliphatic carboxylic acids is 1. The Morgan fingerprint density at radius 3 is 2.31 bits per heavy atom. The Balaban J connectivity index is 1.84. The minimum atomic E-state index is -5.02. The summed E-state index contributed by atoms with van der Waals surface area (Å²) in [5.41, 5.74) is -3.59. The standard InChI is InChI=1S/C24H23ClF6N2O3/c25-20-7-2-1-6-19(20)21(16-11-17(23(26,27)28)13-18(12-16)24(29,30)31)32-36-10-4-9-33-8-3-5-15(14-33)22(34)35/h1-2,6-7,11-13,15H,3-5,8-10,14H2,(H,34,35)/b32-21+. The molecule has 0 bridgehead atoms. The van der Waals surface area contributed by atoms with Gasteiger partial charge in [-0.05, 0) is 50.1 Å². The van der Waals surface area contributed by atoms with Crippen molar-refractivity contribution in [2.45, 2.75) is 31.6 Å². The summed E-state index contributed by atoms with van der Waals surface area (Å²) in [5, 5.41) is 13.1. The molecule has 5 nitrogen and oxygen atoms in total. The Kier molecular flexibility index (Phi) is 8.89. The van der Waals surface area contributed by atoms with Crippen molar-refractivity contribution in [1.29, 1.82) is 0 Å². The molecule has 1 heterocycles. The van der Waals surface area contributed by atoms with E-state index in [-0.39, 0.29) is 29.0 Å². The highest BCUT2D eigenvalue weighted by Gasteiger charge is 2.37. The third-order valence-electron chi connectivity index (χ3n) is 5.71. The van der Waals surface area contributed by atoms with Crippen LogP contribution in [-0.4, -0.2) is 47.9 Å². The van der Waals surface area contributed by atoms with Gasteiger partial charge in [-0.25, -0.2) is 0 Å². The highest BCUT2D eigenvalue weighted by atomic mass is 35.5. The van der Waals surface area contributed by atoms with Crippen molar-refractivity contribution in [3.05, 3.63) is 69.7 Å². The van der Waals surface area contributed by atoms with E-state index in [4.69, 9.17) is 16.4 Å². The number of carboxylic acids is 1. The number of oxime groups is 1. The van der Waals surface area contributed by atoms with E-state index < -0.39 is 40.9 Å². The molecule has 1 atom stereocenters. The van der Waals surface area contributed by atoms with Gasteiger partial charge in [-0.3, -0.25) is 4.79 Å². The number of carbonyl (C=O) groups is 1. The number of rotatable bonds is 8. The van der Waals surface area contributed by atoms with Crippen LogP contribution in [0.1, 0.15) is 41.5 Å². The van der Waals surface area contributed by atoms with Gasteiger partial charge in [0.05, 0.1) is 22.1 Å². The van der Waals surface area contributed by atoms with Crippen LogP contribution in [0.2, 0.25) is 5.02 Å². The van der Waals surface area contributed by atoms with E-state index in [1.165, 1.54) is 18.2 Å². The van der Waals surface area contributed by atoms with Gasteiger partial charge in [0.1, 0.15) is 12.3 Å². The molecule has 12 heteroatoms. The number of piperidine rings is 1. The normalized spacial score (nSPS) is 17.8. The smallest absolute Gasteiger partial charge is 0.416 e. The number of nitrogens with zero attached hydrogens (tertiary/aromatic N) is 2. The Morgan fingerprint density at radius 2 is 1.72 bits per heavy atom. The van der Waals surface area contributed by atoms with Gasteiger partial charge in [-0.1, -0.05) is 35.0 Å². The Labute approximate surface area is 208 Å². The maximum absolute atomic E-state index is 13.4.